The van der Waals surface area contributed by atoms with Gasteiger partial charge in [-0.3, -0.25) is 14.7 Å². The van der Waals surface area contributed by atoms with Crippen LogP contribution in [0.4, 0.5) is 0 Å². The number of carbonyl (C=O) groups is 2. The molecular weight excluding hydrogens is 330 g/mol. The molecule has 6 heteroatoms. The molecule has 1 amide bonds. The second-order valence-corrected chi connectivity index (χ2v) is 6.70. The zero-order valence-corrected chi connectivity index (χ0v) is 15.1. The van der Waals surface area contributed by atoms with Gasteiger partial charge in [0.15, 0.2) is 0 Å². The van der Waals surface area contributed by atoms with Crippen LogP contribution in [0, 0.1) is 6.92 Å². The fourth-order valence-corrected chi connectivity index (χ4v) is 3.33. The van der Waals surface area contributed by atoms with Gasteiger partial charge in [0.1, 0.15) is 0 Å². The lowest BCUT2D eigenvalue weighted by molar-refractivity contribution is -0.142. The Labute approximate surface area is 153 Å². The van der Waals surface area contributed by atoms with Crippen LogP contribution < -0.4 is 0 Å². The molecule has 3 rings (SSSR count). The van der Waals surface area contributed by atoms with Gasteiger partial charge in [-0.15, -0.1) is 0 Å². The number of aromatic carboxylic acids is 1. The van der Waals surface area contributed by atoms with Gasteiger partial charge in [-0.05, 0) is 31.5 Å². The third-order valence-electron chi connectivity index (χ3n) is 4.80. The number of hydrogen-bond acceptors (Lipinski definition) is 4. The molecule has 26 heavy (non-hydrogen) atoms. The van der Waals surface area contributed by atoms with E-state index in [-0.39, 0.29) is 17.5 Å². The summed E-state index contributed by atoms with van der Waals surface area (Å²) in [5, 5.41) is 9.31. The van der Waals surface area contributed by atoms with Crippen molar-refractivity contribution in [2.24, 2.45) is 0 Å². The Morgan fingerprint density at radius 2 is 2.04 bits per heavy atom. The average molecular weight is 353 g/mol. The van der Waals surface area contributed by atoms with Crippen molar-refractivity contribution in [2.75, 3.05) is 13.1 Å². The Morgan fingerprint density at radius 1 is 1.23 bits per heavy atom. The molecule has 1 aromatic carbocycles. The number of aryl methyl sites for hydroxylation is 1. The lowest BCUT2D eigenvalue weighted by Gasteiger charge is -2.39. The second kappa shape index (κ2) is 7.66. The standard InChI is InChI=1S/C20H23N3O3/c1-14-5-3-6-16(11-14)12-23-10-9-22(15(2)19(23)24)13-18-17(20(25)26)7-4-8-21-18/h3-8,11,15H,9-10,12-13H2,1-2H3,(H,25,26)/t15-/m1/s1. The van der Waals surface area contributed by atoms with Crippen LogP contribution >= 0.6 is 0 Å². The molecule has 1 aliphatic heterocycles. The molecule has 1 atom stereocenters. The minimum Gasteiger partial charge on any atom is -0.478 e. The monoisotopic (exact) mass is 353 g/mol. The van der Waals surface area contributed by atoms with Crippen LogP contribution in [0.5, 0.6) is 0 Å². The largest absolute Gasteiger partial charge is 0.478 e. The van der Waals surface area contributed by atoms with Crippen molar-refractivity contribution in [1.82, 2.24) is 14.8 Å². The summed E-state index contributed by atoms with van der Waals surface area (Å²) < 4.78 is 0. The average Bonchev–Trinajstić information content (AvgIpc) is 2.62. The number of nitrogens with zero attached hydrogens (tertiary/aromatic N) is 3. The summed E-state index contributed by atoms with van der Waals surface area (Å²) in [7, 11) is 0. The maximum atomic E-state index is 12.8. The molecule has 0 unspecified atom stereocenters. The van der Waals surface area contributed by atoms with Crippen LogP contribution in [0.15, 0.2) is 42.6 Å². The van der Waals surface area contributed by atoms with Crippen LogP contribution in [0.1, 0.15) is 34.1 Å². The summed E-state index contributed by atoms with van der Waals surface area (Å²) >= 11 is 0. The summed E-state index contributed by atoms with van der Waals surface area (Å²) in [6, 6.07) is 11.0. The molecule has 1 saturated heterocycles. The summed E-state index contributed by atoms with van der Waals surface area (Å²) in [4.78, 5) is 32.2. The van der Waals surface area contributed by atoms with Crippen LogP contribution in [0.25, 0.3) is 0 Å². The Balaban J connectivity index is 1.69. The topological polar surface area (TPSA) is 73.7 Å². The van der Waals surface area contributed by atoms with E-state index in [9.17, 15) is 14.7 Å². The van der Waals surface area contributed by atoms with E-state index in [0.29, 0.717) is 31.9 Å². The Kier molecular flexibility index (Phi) is 5.32. The summed E-state index contributed by atoms with van der Waals surface area (Å²) in [5.74, 6) is -0.935. The molecule has 0 saturated carbocycles. The quantitative estimate of drug-likeness (QED) is 0.893. The molecule has 6 nitrogen and oxygen atoms in total. The summed E-state index contributed by atoms with van der Waals surface area (Å²) in [5.41, 5.74) is 2.98. The molecule has 1 aromatic heterocycles. The number of carboxylic acids is 1. The third kappa shape index (κ3) is 3.91. The maximum Gasteiger partial charge on any atom is 0.337 e. The number of pyridine rings is 1. The highest BCUT2D eigenvalue weighted by atomic mass is 16.4. The van der Waals surface area contributed by atoms with Crippen molar-refractivity contribution >= 4 is 11.9 Å². The van der Waals surface area contributed by atoms with Crippen molar-refractivity contribution in [3.63, 3.8) is 0 Å². The summed E-state index contributed by atoms with van der Waals surface area (Å²) in [6.07, 6.45) is 1.59. The van der Waals surface area contributed by atoms with Crippen molar-refractivity contribution in [2.45, 2.75) is 33.0 Å². The highest BCUT2D eigenvalue weighted by Gasteiger charge is 2.32. The molecule has 1 N–H and O–H groups in total. The molecule has 2 aromatic rings. The van der Waals surface area contributed by atoms with Gasteiger partial charge in [0.05, 0.1) is 17.3 Å². The van der Waals surface area contributed by atoms with Crippen molar-refractivity contribution in [1.29, 1.82) is 0 Å². The predicted octanol–water partition coefficient (Wildman–Crippen LogP) is 2.32. The predicted molar refractivity (Wildman–Crippen MR) is 97.7 cm³/mol. The van der Waals surface area contributed by atoms with Gasteiger partial charge in [0.2, 0.25) is 5.91 Å². The van der Waals surface area contributed by atoms with Gasteiger partial charge in [0.25, 0.3) is 0 Å². The molecule has 0 aliphatic carbocycles. The third-order valence-corrected chi connectivity index (χ3v) is 4.80. The molecule has 0 bridgehead atoms. The van der Waals surface area contributed by atoms with Gasteiger partial charge in [-0.25, -0.2) is 4.79 Å². The normalized spacial score (nSPS) is 18.2. The second-order valence-electron chi connectivity index (χ2n) is 6.70. The van der Waals surface area contributed by atoms with Crippen molar-refractivity contribution < 1.29 is 14.7 Å². The summed E-state index contributed by atoms with van der Waals surface area (Å²) in [6.45, 7) is 6.17. The van der Waals surface area contributed by atoms with E-state index in [4.69, 9.17) is 0 Å². The number of amides is 1. The fraction of sp³-hybridized carbons (Fsp3) is 0.350. The lowest BCUT2D eigenvalue weighted by Crippen LogP contribution is -2.55. The van der Waals surface area contributed by atoms with E-state index in [0.717, 1.165) is 5.56 Å². The zero-order chi connectivity index (χ0) is 18.7. The minimum absolute atomic E-state index is 0.0607. The highest BCUT2D eigenvalue weighted by Crippen LogP contribution is 2.18. The smallest absolute Gasteiger partial charge is 0.337 e. The van der Waals surface area contributed by atoms with Crippen LogP contribution in [-0.4, -0.2) is 50.9 Å². The fourth-order valence-electron chi connectivity index (χ4n) is 3.33. The van der Waals surface area contributed by atoms with Gasteiger partial charge < -0.3 is 10.0 Å². The molecule has 1 fully saturated rings. The number of carboxylic acid groups (broad SMARTS) is 1. The van der Waals surface area contributed by atoms with Crippen LogP contribution in [0.2, 0.25) is 0 Å². The Morgan fingerprint density at radius 3 is 2.77 bits per heavy atom. The van der Waals surface area contributed by atoms with Crippen molar-refractivity contribution in [3.05, 3.63) is 65.0 Å². The van der Waals surface area contributed by atoms with Crippen molar-refractivity contribution in [3.8, 4) is 0 Å². The highest BCUT2D eigenvalue weighted by molar-refractivity contribution is 5.88. The number of aromatic nitrogens is 1. The van der Waals surface area contributed by atoms with E-state index in [1.165, 1.54) is 5.56 Å². The van der Waals surface area contributed by atoms with E-state index in [2.05, 4.69) is 11.1 Å². The number of carbonyl (C=O) groups excluding carboxylic acids is 1. The number of piperazine rings is 1. The van der Waals surface area contributed by atoms with Gasteiger partial charge in [-0.1, -0.05) is 29.8 Å². The van der Waals surface area contributed by atoms with E-state index < -0.39 is 5.97 Å². The Bertz CT molecular complexity index is 821. The molecule has 2 heterocycles. The number of rotatable bonds is 5. The maximum absolute atomic E-state index is 12.8. The molecule has 0 spiro atoms. The van der Waals surface area contributed by atoms with Crippen LogP contribution in [0.3, 0.4) is 0 Å². The van der Waals surface area contributed by atoms with Gasteiger partial charge in [-0.2, -0.15) is 0 Å². The molecule has 0 radical (unpaired) electrons. The van der Waals surface area contributed by atoms with E-state index in [1.54, 1.807) is 18.3 Å². The van der Waals surface area contributed by atoms with E-state index >= 15 is 0 Å². The molecule has 1 aliphatic rings. The number of hydrogen-bond donors (Lipinski definition) is 1. The van der Waals surface area contributed by atoms with Gasteiger partial charge in [0, 0.05) is 32.4 Å². The first-order valence-electron chi connectivity index (χ1n) is 8.71. The first-order chi connectivity index (χ1) is 12.5. The Hall–Kier alpha value is -2.73. The minimum atomic E-state index is -0.995. The van der Waals surface area contributed by atoms with E-state index in [1.807, 2.05) is 41.8 Å². The first kappa shape index (κ1) is 18.1. The first-order valence-corrected chi connectivity index (χ1v) is 8.71. The molecule has 136 valence electrons. The molecular formula is C20H23N3O3. The van der Waals surface area contributed by atoms with Gasteiger partial charge >= 0.3 is 5.97 Å². The lowest BCUT2D eigenvalue weighted by atomic mass is 10.1. The zero-order valence-electron chi connectivity index (χ0n) is 15.1. The SMILES string of the molecule is Cc1cccc(CN2CCN(Cc3ncccc3C(=O)O)[C@H](C)C2=O)c1. The number of benzene rings is 1. The van der Waals surface area contributed by atoms with Crippen LogP contribution in [-0.2, 0) is 17.9 Å².